The SMILES string of the molecule is C1=C(NOCc2ccccc2)CCCC1. The number of allylic oxidation sites excluding steroid dienone is 2. The number of nitrogens with one attached hydrogen (secondary N) is 1. The first-order valence-corrected chi connectivity index (χ1v) is 5.56. The highest BCUT2D eigenvalue weighted by atomic mass is 16.6. The van der Waals surface area contributed by atoms with Gasteiger partial charge in [-0.1, -0.05) is 36.4 Å². The van der Waals surface area contributed by atoms with Crippen molar-refractivity contribution in [3.8, 4) is 0 Å². The molecular weight excluding hydrogens is 186 g/mol. The Bertz CT molecular complexity index is 319. The third-order valence-corrected chi connectivity index (χ3v) is 2.58. The Labute approximate surface area is 90.9 Å². The molecule has 0 fully saturated rings. The summed E-state index contributed by atoms with van der Waals surface area (Å²) in [5.41, 5.74) is 5.46. The number of hydrogen-bond donors (Lipinski definition) is 1. The first-order chi connectivity index (χ1) is 7.45. The zero-order valence-corrected chi connectivity index (χ0v) is 8.91. The van der Waals surface area contributed by atoms with Crippen molar-refractivity contribution in [2.45, 2.75) is 32.3 Å². The van der Waals surface area contributed by atoms with E-state index in [1.54, 1.807) is 0 Å². The number of hydrogen-bond acceptors (Lipinski definition) is 2. The maximum Gasteiger partial charge on any atom is 0.0996 e. The van der Waals surface area contributed by atoms with Gasteiger partial charge in [-0.25, -0.2) is 0 Å². The molecule has 1 aromatic rings. The van der Waals surface area contributed by atoms with Crippen molar-refractivity contribution in [2.24, 2.45) is 0 Å². The lowest BCUT2D eigenvalue weighted by atomic mass is 10.1. The van der Waals surface area contributed by atoms with Crippen LogP contribution in [0.2, 0.25) is 0 Å². The highest BCUT2D eigenvalue weighted by Gasteiger charge is 2.02. The first-order valence-electron chi connectivity index (χ1n) is 5.56. The van der Waals surface area contributed by atoms with E-state index in [0.717, 1.165) is 6.42 Å². The minimum absolute atomic E-state index is 0.623. The fourth-order valence-corrected chi connectivity index (χ4v) is 1.72. The van der Waals surface area contributed by atoms with Crippen molar-refractivity contribution in [3.63, 3.8) is 0 Å². The summed E-state index contributed by atoms with van der Waals surface area (Å²) < 4.78 is 0. The molecule has 0 unspecified atom stereocenters. The van der Waals surface area contributed by atoms with Crippen molar-refractivity contribution in [1.29, 1.82) is 0 Å². The number of benzene rings is 1. The van der Waals surface area contributed by atoms with Gasteiger partial charge in [0, 0.05) is 5.70 Å². The van der Waals surface area contributed by atoms with Crippen LogP contribution in [0.3, 0.4) is 0 Å². The molecule has 0 amide bonds. The quantitative estimate of drug-likeness (QED) is 0.759. The summed E-state index contributed by atoms with van der Waals surface area (Å²) in [7, 11) is 0. The molecule has 0 heterocycles. The van der Waals surface area contributed by atoms with Crippen LogP contribution < -0.4 is 5.48 Å². The standard InChI is InChI=1S/C13H17NO/c1-3-7-12(8-4-1)11-15-14-13-9-5-2-6-10-13/h1,3-4,7-9,14H,2,5-6,10-11H2. The maximum atomic E-state index is 5.44. The van der Waals surface area contributed by atoms with Gasteiger partial charge in [-0.2, -0.15) is 0 Å². The van der Waals surface area contributed by atoms with Crippen molar-refractivity contribution in [2.75, 3.05) is 0 Å². The fourth-order valence-electron chi connectivity index (χ4n) is 1.72. The molecule has 2 rings (SSSR count). The van der Waals surface area contributed by atoms with Gasteiger partial charge >= 0.3 is 0 Å². The van der Waals surface area contributed by atoms with Crippen LogP contribution in [0, 0.1) is 0 Å². The number of rotatable bonds is 4. The topological polar surface area (TPSA) is 21.3 Å². The predicted octanol–water partition coefficient (Wildman–Crippen LogP) is 3.17. The molecule has 80 valence electrons. The van der Waals surface area contributed by atoms with E-state index < -0.39 is 0 Å². The zero-order valence-electron chi connectivity index (χ0n) is 8.91. The van der Waals surface area contributed by atoms with Gasteiger partial charge in [0.2, 0.25) is 0 Å². The summed E-state index contributed by atoms with van der Waals surface area (Å²) in [6.07, 6.45) is 7.11. The highest BCUT2D eigenvalue weighted by molar-refractivity contribution is 5.13. The van der Waals surface area contributed by atoms with Crippen LogP contribution in [0.4, 0.5) is 0 Å². The predicted molar refractivity (Wildman–Crippen MR) is 60.9 cm³/mol. The molecule has 0 bridgehead atoms. The molecule has 0 saturated heterocycles. The van der Waals surface area contributed by atoms with E-state index in [9.17, 15) is 0 Å². The van der Waals surface area contributed by atoms with Crippen LogP contribution in [0.5, 0.6) is 0 Å². The fraction of sp³-hybridized carbons (Fsp3) is 0.385. The van der Waals surface area contributed by atoms with E-state index in [2.05, 4.69) is 23.7 Å². The van der Waals surface area contributed by atoms with E-state index >= 15 is 0 Å². The summed E-state index contributed by atoms with van der Waals surface area (Å²) in [6.45, 7) is 0.623. The molecule has 0 aliphatic heterocycles. The van der Waals surface area contributed by atoms with Gasteiger partial charge in [-0.3, -0.25) is 10.3 Å². The monoisotopic (exact) mass is 203 g/mol. The van der Waals surface area contributed by atoms with Crippen molar-refractivity contribution in [1.82, 2.24) is 5.48 Å². The van der Waals surface area contributed by atoms with Crippen LogP contribution >= 0.6 is 0 Å². The van der Waals surface area contributed by atoms with E-state index in [1.165, 1.54) is 30.5 Å². The Balaban J connectivity index is 1.73. The van der Waals surface area contributed by atoms with Crippen molar-refractivity contribution < 1.29 is 4.84 Å². The van der Waals surface area contributed by atoms with Gasteiger partial charge in [0.05, 0.1) is 6.61 Å². The Kier molecular flexibility index (Phi) is 3.80. The third-order valence-electron chi connectivity index (χ3n) is 2.58. The second-order valence-electron chi connectivity index (χ2n) is 3.85. The van der Waals surface area contributed by atoms with Crippen LogP contribution in [-0.2, 0) is 11.4 Å². The average molecular weight is 203 g/mol. The summed E-state index contributed by atoms with van der Waals surface area (Å²) in [5.74, 6) is 0. The van der Waals surface area contributed by atoms with E-state index in [4.69, 9.17) is 4.84 Å². The Hall–Kier alpha value is -1.28. The van der Waals surface area contributed by atoms with Gasteiger partial charge in [0.25, 0.3) is 0 Å². The first kappa shape index (κ1) is 10.2. The minimum atomic E-state index is 0.623. The van der Waals surface area contributed by atoms with Gasteiger partial charge in [-0.05, 0) is 31.2 Å². The largest absolute Gasteiger partial charge is 0.272 e. The normalized spacial score (nSPS) is 15.9. The van der Waals surface area contributed by atoms with Crippen LogP contribution in [-0.4, -0.2) is 0 Å². The summed E-state index contributed by atoms with van der Waals surface area (Å²) in [6, 6.07) is 10.2. The molecular formula is C13H17NO. The molecule has 2 nitrogen and oxygen atoms in total. The summed E-state index contributed by atoms with van der Waals surface area (Å²) in [4.78, 5) is 5.44. The lowest BCUT2D eigenvalue weighted by molar-refractivity contribution is 0.0458. The van der Waals surface area contributed by atoms with Crippen molar-refractivity contribution in [3.05, 3.63) is 47.7 Å². The van der Waals surface area contributed by atoms with Gasteiger partial charge in [0.15, 0.2) is 0 Å². The number of hydroxylamine groups is 1. The molecule has 0 radical (unpaired) electrons. The Morgan fingerprint density at radius 2 is 2.00 bits per heavy atom. The molecule has 1 aliphatic carbocycles. The second kappa shape index (κ2) is 5.56. The molecule has 1 aromatic carbocycles. The Morgan fingerprint density at radius 3 is 2.73 bits per heavy atom. The van der Waals surface area contributed by atoms with Gasteiger partial charge in [0.1, 0.15) is 0 Å². The Morgan fingerprint density at radius 1 is 1.13 bits per heavy atom. The van der Waals surface area contributed by atoms with Crippen LogP contribution in [0.1, 0.15) is 31.2 Å². The van der Waals surface area contributed by atoms with Crippen molar-refractivity contribution >= 4 is 0 Å². The van der Waals surface area contributed by atoms with Gasteiger partial charge in [-0.15, -0.1) is 0 Å². The molecule has 2 heteroatoms. The molecule has 1 aliphatic rings. The molecule has 0 spiro atoms. The molecule has 1 N–H and O–H groups in total. The molecule has 0 saturated carbocycles. The van der Waals surface area contributed by atoms with E-state index in [-0.39, 0.29) is 0 Å². The highest BCUT2D eigenvalue weighted by Crippen LogP contribution is 2.14. The lowest BCUT2D eigenvalue weighted by Crippen LogP contribution is -2.15. The van der Waals surface area contributed by atoms with Crippen LogP contribution in [0.15, 0.2) is 42.1 Å². The molecule has 0 aromatic heterocycles. The second-order valence-corrected chi connectivity index (χ2v) is 3.85. The average Bonchev–Trinajstić information content (AvgIpc) is 2.32. The van der Waals surface area contributed by atoms with Crippen LogP contribution in [0.25, 0.3) is 0 Å². The van der Waals surface area contributed by atoms with E-state index in [1.807, 2.05) is 18.2 Å². The van der Waals surface area contributed by atoms with E-state index in [0.29, 0.717) is 6.61 Å². The smallest absolute Gasteiger partial charge is 0.0996 e. The van der Waals surface area contributed by atoms with Gasteiger partial charge < -0.3 is 0 Å². The molecule has 15 heavy (non-hydrogen) atoms. The summed E-state index contributed by atoms with van der Waals surface area (Å²) in [5, 5.41) is 0. The lowest BCUT2D eigenvalue weighted by Gasteiger charge is -2.14. The zero-order chi connectivity index (χ0) is 10.3. The molecule has 0 atom stereocenters. The third kappa shape index (κ3) is 3.40. The summed E-state index contributed by atoms with van der Waals surface area (Å²) >= 11 is 0. The maximum absolute atomic E-state index is 5.44. The minimum Gasteiger partial charge on any atom is -0.272 e.